The summed E-state index contributed by atoms with van der Waals surface area (Å²) >= 11 is 11.8. The summed E-state index contributed by atoms with van der Waals surface area (Å²) in [5, 5.41) is 6.89. The number of hydrogen-bond acceptors (Lipinski definition) is 4. The number of hydrogen-bond donors (Lipinski definition) is 2. The molecule has 0 aromatic carbocycles. The molecule has 1 saturated heterocycles. The smallest absolute Gasteiger partial charge is 0.239 e. The van der Waals surface area contributed by atoms with Gasteiger partial charge in [-0.1, -0.05) is 23.2 Å². The van der Waals surface area contributed by atoms with Gasteiger partial charge in [-0.05, 0) is 45.5 Å². The number of pyridine rings is 1. The number of rotatable bonds is 4. The number of aromatic nitrogens is 1. The van der Waals surface area contributed by atoms with Gasteiger partial charge >= 0.3 is 0 Å². The molecule has 1 amide bonds. The van der Waals surface area contributed by atoms with Gasteiger partial charge in [-0.3, -0.25) is 9.69 Å². The van der Waals surface area contributed by atoms with E-state index in [1.54, 1.807) is 6.07 Å². The summed E-state index contributed by atoms with van der Waals surface area (Å²) < 4.78 is 0. The van der Waals surface area contributed by atoms with Gasteiger partial charge in [0.25, 0.3) is 0 Å². The Labute approximate surface area is 135 Å². The van der Waals surface area contributed by atoms with Crippen molar-refractivity contribution in [2.75, 3.05) is 32.0 Å². The number of carbonyl (C=O) groups is 1. The van der Waals surface area contributed by atoms with E-state index in [1.165, 1.54) is 6.20 Å². The lowest BCUT2D eigenvalue weighted by molar-refractivity contribution is -0.117. The first-order valence-electron chi connectivity index (χ1n) is 7.08. The van der Waals surface area contributed by atoms with Gasteiger partial charge in [0.2, 0.25) is 5.91 Å². The number of carbonyl (C=O) groups excluding carboxylic acids is 1. The first kappa shape index (κ1) is 16.5. The zero-order chi connectivity index (χ0) is 15.2. The Morgan fingerprint density at radius 3 is 3.05 bits per heavy atom. The Morgan fingerprint density at radius 1 is 1.48 bits per heavy atom. The third-order valence-electron chi connectivity index (χ3n) is 3.63. The van der Waals surface area contributed by atoms with Crippen molar-refractivity contribution in [2.45, 2.75) is 25.3 Å². The van der Waals surface area contributed by atoms with Gasteiger partial charge in [0.05, 0.1) is 16.6 Å². The molecule has 116 valence electrons. The number of likely N-dealkylation sites (N-methyl/N-ethyl adjacent to an activating group) is 1. The lowest BCUT2D eigenvalue weighted by atomic mass is 10.1. The van der Waals surface area contributed by atoms with E-state index in [2.05, 4.69) is 20.5 Å². The van der Waals surface area contributed by atoms with E-state index >= 15 is 0 Å². The van der Waals surface area contributed by atoms with Gasteiger partial charge in [0.15, 0.2) is 5.82 Å². The molecular weight excluding hydrogens is 311 g/mol. The van der Waals surface area contributed by atoms with Crippen LogP contribution in [0.2, 0.25) is 10.0 Å². The van der Waals surface area contributed by atoms with Crippen LogP contribution in [0.5, 0.6) is 0 Å². The van der Waals surface area contributed by atoms with Crippen LogP contribution in [0.3, 0.4) is 0 Å². The van der Waals surface area contributed by atoms with E-state index in [9.17, 15) is 4.79 Å². The van der Waals surface area contributed by atoms with E-state index in [0.717, 1.165) is 32.4 Å². The molecule has 1 aromatic heterocycles. The fraction of sp³-hybridized carbons (Fsp3) is 0.571. The highest BCUT2D eigenvalue weighted by Crippen LogP contribution is 2.22. The summed E-state index contributed by atoms with van der Waals surface area (Å²) in [5.41, 5.74) is 0. The van der Waals surface area contributed by atoms with Crippen LogP contribution in [0.25, 0.3) is 0 Å². The van der Waals surface area contributed by atoms with Crippen molar-refractivity contribution in [3.8, 4) is 0 Å². The van der Waals surface area contributed by atoms with Gasteiger partial charge in [-0.2, -0.15) is 0 Å². The fourth-order valence-electron chi connectivity index (χ4n) is 2.48. The summed E-state index contributed by atoms with van der Waals surface area (Å²) in [6.45, 7) is 2.38. The standard InChI is InChI=1S/C14H20Cl2N4O/c1-20(11-3-2-5-17-6-4-11)9-13(21)19-14-12(16)7-10(15)8-18-14/h7-8,11,17H,2-6,9H2,1H3,(H,18,19,21). The van der Waals surface area contributed by atoms with E-state index in [1.807, 2.05) is 7.05 Å². The maximum Gasteiger partial charge on any atom is 0.239 e. The zero-order valence-electron chi connectivity index (χ0n) is 12.0. The molecule has 1 unspecified atom stereocenters. The topological polar surface area (TPSA) is 57.3 Å². The molecule has 1 aromatic rings. The summed E-state index contributed by atoms with van der Waals surface area (Å²) in [4.78, 5) is 18.2. The minimum absolute atomic E-state index is 0.119. The average Bonchev–Trinajstić information content (AvgIpc) is 2.71. The van der Waals surface area contributed by atoms with Crippen molar-refractivity contribution < 1.29 is 4.79 Å². The largest absolute Gasteiger partial charge is 0.317 e. The fourth-order valence-corrected chi connectivity index (χ4v) is 2.90. The van der Waals surface area contributed by atoms with Crippen molar-refractivity contribution in [2.24, 2.45) is 0 Å². The minimum Gasteiger partial charge on any atom is -0.317 e. The van der Waals surface area contributed by atoms with Gasteiger partial charge in [-0.25, -0.2) is 4.98 Å². The van der Waals surface area contributed by atoms with Crippen LogP contribution in [-0.2, 0) is 4.79 Å². The second-order valence-electron chi connectivity index (χ2n) is 5.28. The molecule has 1 aliphatic rings. The van der Waals surface area contributed by atoms with Crippen LogP contribution < -0.4 is 10.6 Å². The number of amides is 1. The third-order valence-corrected chi connectivity index (χ3v) is 4.12. The summed E-state index contributed by atoms with van der Waals surface area (Å²) in [6.07, 6.45) is 4.77. The van der Waals surface area contributed by atoms with Crippen LogP contribution in [-0.4, -0.2) is 48.5 Å². The van der Waals surface area contributed by atoms with Crippen molar-refractivity contribution in [1.82, 2.24) is 15.2 Å². The number of nitrogens with one attached hydrogen (secondary N) is 2. The van der Waals surface area contributed by atoms with E-state index in [0.29, 0.717) is 28.4 Å². The predicted octanol–water partition coefficient (Wildman–Crippen LogP) is 2.40. The lowest BCUT2D eigenvalue weighted by Crippen LogP contribution is -2.38. The molecule has 1 aliphatic heterocycles. The SMILES string of the molecule is CN(CC(=O)Nc1ncc(Cl)cc1Cl)C1CCCNCC1. The van der Waals surface area contributed by atoms with E-state index in [4.69, 9.17) is 23.2 Å². The molecular formula is C14H20Cl2N4O. The van der Waals surface area contributed by atoms with Gasteiger partial charge in [0, 0.05) is 12.2 Å². The van der Waals surface area contributed by atoms with Gasteiger partial charge < -0.3 is 10.6 Å². The summed E-state index contributed by atoms with van der Waals surface area (Å²) in [6, 6.07) is 1.99. The predicted molar refractivity (Wildman–Crippen MR) is 86.0 cm³/mol. The highest BCUT2D eigenvalue weighted by atomic mass is 35.5. The van der Waals surface area contributed by atoms with Gasteiger partial charge in [0.1, 0.15) is 0 Å². The second kappa shape index (κ2) is 7.94. The molecule has 0 spiro atoms. The maximum absolute atomic E-state index is 12.1. The monoisotopic (exact) mass is 330 g/mol. The number of halogens is 2. The molecule has 0 radical (unpaired) electrons. The van der Waals surface area contributed by atoms with Crippen LogP contribution in [0.1, 0.15) is 19.3 Å². The molecule has 21 heavy (non-hydrogen) atoms. The van der Waals surface area contributed by atoms with Crippen LogP contribution in [0.4, 0.5) is 5.82 Å². The summed E-state index contributed by atoms with van der Waals surface area (Å²) in [7, 11) is 1.98. The highest BCUT2D eigenvalue weighted by molar-refractivity contribution is 6.36. The van der Waals surface area contributed by atoms with Crippen LogP contribution in [0.15, 0.2) is 12.3 Å². The lowest BCUT2D eigenvalue weighted by Gasteiger charge is -2.26. The van der Waals surface area contributed by atoms with Crippen LogP contribution >= 0.6 is 23.2 Å². The molecule has 5 nitrogen and oxygen atoms in total. The van der Waals surface area contributed by atoms with Crippen LogP contribution in [0, 0.1) is 0 Å². The molecule has 0 saturated carbocycles. The molecule has 0 aliphatic carbocycles. The van der Waals surface area contributed by atoms with E-state index < -0.39 is 0 Å². The van der Waals surface area contributed by atoms with Crippen molar-refractivity contribution >= 4 is 34.9 Å². The average molecular weight is 331 g/mol. The molecule has 0 bridgehead atoms. The van der Waals surface area contributed by atoms with Crippen molar-refractivity contribution in [1.29, 1.82) is 0 Å². The van der Waals surface area contributed by atoms with Crippen molar-refractivity contribution in [3.63, 3.8) is 0 Å². The second-order valence-corrected chi connectivity index (χ2v) is 6.13. The quantitative estimate of drug-likeness (QED) is 0.890. The third kappa shape index (κ3) is 5.11. The molecule has 1 atom stereocenters. The van der Waals surface area contributed by atoms with Crippen molar-refractivity contribution in [3.05, 3.63) is 22.3 Å². The molecule has 1 fully saturated rings. The highest BCUT2D eigenvalue weighted by Gasteiger charge is 2.19. The van der Waals surface area contributed by atoms with Gasteiger partial charge in [-0.15, -0.1) is 0 Å². The Kier molecular flexibility index (Phi) is 6.23. The first-order valence-corrected chi connectivity index (χ1v) is 7.83. The number of nitrogens with zero attached hydrogens (tertiary/aromatic N) is 2. The molecule has 2 rings (SSSR count). The maximum atomic E-state index is 12.1. The Morgan fingerprint density at radius 2 is 2.29 bits per heavy atom. The zero-order valence-corrected chi connectivity index (χ0v) is 13.5. The minimum atomic E-state index is -0.119. The normalized spacial score (nSPS) is 19.3. The molecule has 2 heterocycles. The molecule has 2 N–H and O–H groups in total. The number of anilines is 1. The Bertz CT molecular complexity index is 490. The summed E-state index contributed by atoms with van der Waals surface area (Å²) in [5.74, 6) is 0.230. The Hall–Kier alpha value is -0.880. The Balaban J connectivity index is 1.88. The first-order chi connectivity index (χ1) is 10.1. The van der Waals surface area contributed by atoms with E-state index in [-0.39, 0.29) is 5.91 Å². The molecule has 7 heteroatoms.